The quantitative estimate of drug-likeness (QED) is 0.0851. The van der Waals surface area contributed by atoms with Crippen molar-refractivity contribution in [3.8, 4) is 0 Å². The van der Waals surface area contributed by atoms with Crippen molar-refractivity contribution in [3.63, 3.8) is 0 Å². The van der Waals surface area contributed by atoms with Crippen molar-refractivity contribution in [2.45, 2.75) is 41.3 Å². The summed E-state index contributed by atoms with van der Waals surface area (Å²) in [5.74, 6) is 0. The average Bonchev–Trinajstić information content (AvgIpc) is 4.10. The van der Waals surface area contributed by atoms with E-state index < -0.39 is 41.3 Å². The Bertz CT molecular complexity index is 3420. The summed E-state index contributed by atoms with van der Waals surface area (Å²) in [6.07, 6.45) is -3.96. The highest BCUT2D eigenvalue weighted by Gasteiger charge is 2.57. The molecule has 1 fully saturated rings. The molecule has 2 heterocycles. The summed E-state index contributed by atoms with van der Waals surface area (Å²) in [4.78, 5) is 4.91. The molecule has 4 atom stereocenters. The molecule has 0 radical (unpaired) electrons. The molecule has 0 saturated carbocycles. The van der Waals surface area contributed by atoms with Crippen LogP contribution in [0.4, 0.5) is 0 Å². The average molecular weight is 1080 g/mol. The largest absolute Gasteiger partial charge is 0.358 e. The molecule has 0 aliphatic carbocycles. The Morgan fingerprint density at radius 2 is 0.654 bits per heavy atom. The number of hydrogen-bond donors (Lipinski definition) is 0. The van der Waals surface area contributed by atoms with Crippen molar-refractivity contribution in [2.24, 2.45) is 0 Å². The lowest BCUT2D eigenvalue weighted by molar-refractivity contribution is -0.158. The van der Waals surface area contributed by atoms with E-state index >= 15 is 0 Å². The second kappa shape index (κ2) is 22.4. The second-order valence-corrected chi connectivity index (χ2v) is 20.5. The van der Waals surface area contributed by atoms with E-state index in [4.69, 9.17) is 58.7 Å². The molecule has 1 saturated heterocycles. The number of rotatable bonds is 17. The molecule has 384 valence electrons. The van der Waals surface area contributed by atoms with Crippen molar-refractivity contribution in [1.29, 1.82) is 0 Å². The Morgan fingerprint density at radius 3 is 0.974 bits per heavy atom. The molecule has 6 nitrogen and oxygen atoms in total. The zero-order valence-electron chi connectivity index (χ0n) is 42.3. The molecule has 0 N–H and O–H groups in total. The highest BCUT2D eigenvalue weighted by atomic mass is 35.5. The Kier molecular flexibility index (Phi) is 14.7. The van der Waals surface area contributed by atoms with E-state index in [1.165, 1.54) is 0 Å². The second-order valence-electron chi connectivity index (χ2n) is 19.4. The molecule has 11 aromatic rings. The third-order valence-corrected chi connectivity index (χ3v) is 15.9. The zero-order chi connectivity index (χ0) is 52.9. The molecular weight excluding hydrogens is 1030 g/mol. The van der Waals surface area contributed by atoms with E-state index in [1.54, 1.807) is 12.1 Å². The first-order valence-electron chi connectivity index (χ1n) is 26.1. The molecule has 1 aliphatic heterocycles. The van der Waals surface area contributed by atoms with Gasteiger partial charge in [-0.05, 0) is 73.8 Å². The lowest BCUT2D eigenvalue weighted by Crippen LogP contribution is -2.50. The number of halogens is 3. The van der Waals surface area contributed by atoms with Crippen LogP contribution in [-0.4, -0.2) is 34.5 Å². The number of fused-ring (bicyclic) bond motifs is 1. The summed E-state index contributed by atoms with van der Waals surface area (Å²) in [6, 6.07) is 96.6. The Balaban J connectivity index is 1.16. The van der Waals surface area contributed by atoms with Gasteiger partial charge in [-0.2, -0.15) is 0 Å². The Morgan fingerprint density at radius 1 is 0.372 bits per heavy atom. The third kappa shape index (κ3) is 9.33. The number of ether oxygens (including phenoxy) is 4. The predicted molar refractivity (Wildman–Crippen MR) is 312 cm³/mol. The predicted octanol–water partition coefficient (Wildman–Crippen LogP) is 16.7. The first-order valence-corrected chi connectivity index (χ1v) is 27.2. The molecular formula is C69H53Cl3N2O4. The van der Waals surface area contributed by atoms with Gasteiger partial charge in [-0.15, -0.1) is 0 Å². The van der Waals surface area contributed by atoms with Gasteiger partial charge in [0.15, 0.2) is 6.23 Å². The van der Waals surface area contributed by atoms with E-state index in [-0.39, 0.29) is 11.9 Å². The highest BCUT2D eigenvalue weighted by molar-refractivity contribution is 6.42. The molecule has 10 aromatic carbocycles. The van der Waals surface area contributed by atoms with Crippen LogP contribution in [0.1, 0.15) is 56.3 Å². The van der Waals surface area contributed by atoms with Crippen molar-refractivity contribution in [3.05, 3.63) is 351 Å². The third-order valence-electron chi connectivity index (χ3n) is 14.9. The summed E-state index contributed by atoms with van der Waals surface area (Å²) in [5, 5.41) is 0.804. The van der Waals surface area contributed by atoms with Crippen LogP contribution in [0.5, 0.6) is 0 Å². The number of aromatic nitrogens is 2. The van der Waals surface area contributed by atoms with Crippen LogP contribution in [0.25, 0.3) is 11.0 Å². The van der Waals surface area contributed by atoms with Crippen LogP contribution in [0, 0.1) is 0 Å². The van der Waals surface area contributed by atoms with Gasteiger partial charge in [0.05, 0.1) is 27.7 Å². The van der Waals surface area contributed by atoms with Crippen LogP contribution in [0.2, 0.25) is 15.3 Å². The minimum absolute atomic E-state index is 0.0139. The molecule has 9 heteroatoms. The molecule has 0 unspecified atom stereocenters. The fourth-order valence-corrected chi connectivity index (χ4v) is 12.0. The Hall–Kier alpha value is -7.62. The first-order chi connectivity index (χ1) is 38.4. The van der Waals surface area contributed by atoms with Crippen molar-refractivity contribution in [2.75, 3.05) is 6.61 Å². The molecule has 1 aliphatic rings. The zero-order valence-corrected chi connectivity index (χ0v) is 44.6. The summed E-state index contributed by atoms with van der Waals surface area (Å²) in [7, 11) is 0. The van der Waals surface area contributed by atoms with E-state index in [0.717, 1.165) is 50.1 Å². The molecule has 0 bridgehead atoms. The van der Waals surface area contributed by atoms with Crippen LogP contribution in [0.15, 0.2) is 285 Å². The van der Waals surface area contributed by atoms with E-state index in [9.17, 15) is 0 Å². The maximum absolute atomic E-state index is 8.39. The van der Waals surface area contributed by atoms with Gasteiger partial charge in [-0.3, -0.25) is 4.57 Å². The van der Waals surface area contributed by atoms with Gasteiger partial charge in [-0.25, -0.2) is 4.98 Å². The van der Waals surface area contributed by atoms with Gasteiger partial charge in [0.25, 0.3) is 0 Å². The summed E-state index contributed by atoms with van der Waals surface area (Å²) >= 11 is 21.2. The minimum Gasteiger partial charge on any atom is -0.358 e. The highest BCUT2D eigenvalue weighted by Crippen LogP contribution is 2.52. The fourth-order valence-electron chi connectivity index (χ4n) is 11.5. The van der Waals surface area contributed by atoms with Crippen molar-refractivity contribution < 1.29 is 18.9 Å². The lowest BCUT2D eigenvalue weighted by Gasteiger charge is -2.44. The van der Waals surface area contributed by atoms with Gasteiger partial charge in [0.1, 0.15) is 35.1 Å². The molecule has 78 heavy (non-hydrogen) atoms. The number of imidazole rings is 1. The molecule has 0 spiro atoms. The van der Waals surface area contributed by atoms with Gasteiger partial charge in [0, 0.05) is 0 Å². The molecule has 1 aromatic heterocycles. The SMILES string of the molecule is Clc1cc2nc(Cl)n([C@@H]3O[C@H](COC(c4ccccc4)(c4ccccc4)c4ccccc4)[C@@H](OC(c4ccccc4)(c4ccccc4)c4ccccc4)[C@@H]3OC(c3ccccc3)(c3ccccc3)c3ccccc3)c2cc1Cl. The minimum atomic E-state index is -1.30. The topological polar surface area (TPSA) is 54.7 Å². The normalized spacial score (nSPS) is 16.8. The molecule has 12 rings (SSSR count). The van der Waals surface area contributed by atoms with Crippen molar-refractivity contribution >= 4 is 45.8 Å². The van der Waals surface area contributed by atoms with Crippen LogP contribution in [0.3, 0.4) is 0 Å². The first kappa shape index (κ1) is 51.2. The van der Waals surface area contributed by atoms with Gasteiger partial charge in [-0.1, -0.05) is 296 Å². The van der Waals surface area contributed by atoms with E-state index in [2.05, 4.69) is 109 Å². The van der Waals surface area contributed by atoms with Crippen LogP contribution >= 0.6 is 34.8 Å². The maximum Gasteiger partial charge on any atom is 0.206 e. The smallest absolute Gasteiger partial charge is 0.206 e. The van der Waals surface area contributed by atoms with Crippen LogP contribution < -0.4 is 0 Å². The van der Waals surface area contributed by atoms with E-state index in [1.807, 2.05) is 168 Å². The van der Waals surface area contributed by atoms with Gasteiger partial charge in [0.2, 0.25) is 5.28 Å². The monoisotopic (exact) mass is 1080 g/mol. The summed E-state index contributed by atoms with van der Waals surface area (Å²) in [6.45, 7) is -0.0139. The number of nitrogens with zero attached hydrogens (tertiary/aromatic N) is 2. The van der Waals surface area contributed by atoms with Crippen LogP contribution in [-0.2, 0) is 35.8 Å². The maximum atomic E-state index is 8.39. The van der Waals surface area contributed by atoms with Gasteiger partial charge >= 0.3 is 0 Å². The van der Waals surface area contributed by atoms with E-state index in [0.29, 0.717) is 21.1 Å². The number of hydrogen-bond acceptors (Lipinski definition) is 5. The molecule has 0 amide bonds. The standard InChI is InChI=1S/C69H53Cl3N2O4/c70-58-46-60-61(47-59(58)71)74(66(72)73-60)65-64(78-69(55-40-22-7-23-41-55,56-42-24-8-25-43-56)57-44-26-9-27-45-57)63(77-68(52-34-16-4-17-35-52,53-36-18-5-19-37-53)54-38-20-6-21-39-54)62(76-65)48-75-67(49-28-10-1-11-29-49,50-30-12-2-13-31-50)51-32-14-3-15-33-51/h1-47,62-65H,48H2/t62-,63-,64+,65-/m1/s1. The Labute approximate surface area is 470 Å². The van der Waals surface area contributed by atoms with Gasteiger partial charge < -0.3 is 18.9 Å². The summed E-state index contributed by atoms with van der Waals surface area (Å²) in [5.41, 5.74) is 5.51. The fraction of sp³-hybridized carbons (Fsp3) is 0.116. The summed E-state index contributed by atoms with van der Waals surface area (Å²) < 4.78 is 34.2. The number of benzene rings is 10. The lowest BCUT2D eigenvalue weighted by atomic mass is 9.79. The van der Waals surface area contributed by atoms with Crippen molar-refractivity contribution in [1.82, 2.24) is 9.55 Å².